The molecule has 0 radical (unpaired) electrons. The van der Waals surface area contributed by atoms with Crippen molar-refractivity contribution in [2.24, 2.45) is 16.3 Å². The number of aliphatic imine (C=N–C) groups is 1. The Labute approximate surface area is 173 Å². The van der Waals surface area contributed by atoms with Crippen LogP contribution in [0, 0.1) is 11.3 Å². The molecule has 4 rings (SSSR count). The van der Waals surface area contributed by atoms with Crippen molar-refractivity contribution in [3.8, 4) is 5.75 Å². The van der Waals surface area contributed by atoms with Crippen molar-refractivity contribution >= 4 is 29.9 Å². The summed E-state index contributed by atoms with van der Waals surface area (Å²) in [5.74, 6) is 2.49. The Bertz CT molecular complexity index is 630. The third-order valence-electron chi connectivity index (χ3n) is 6.42. The Morgan fingerprint density at radius 1 is 1.31 bits per heavy atom. The first kappa shape index (κ1) is 19.7. The Hall–Kier alpha value is -1.02. The SMILES string of the molecule is CN=C(NCCc1ccc(OC)cc1)NC1C2CCOC2C12CCC2.I. The number of benzene rings is 1. The average Bonchev–Trinajstić information content (AvgIpc) is 3.02. The molecular weight excluding hydrogens is 441 g/mol. The predicted octanol–water partition coefficient (Wildman–Crippen LogP) is 2.98. The van der Waals surface area contributed by atoms with Crippen LogP contribution in [-0.4, -0.2) is 45.4 Å². The summed E-state index contributed by atoms with van der Waals surface area (Å²) in [7, 11) is 3.55. The molecule has 26 heavy (non-hydrogen) atoms. The highest BCUT2D eigenvalue weighted by Gasteiger charge is 2.66. The maximum Gasteiger partial charge on any atom is 0.191 e. The minimum atomic E-state index is 0. The molecule has 0 amide bonds. The third kappa shape index (κ3) is 3.42. The molecule has 0 bridgehead atoms. The number of fused-ring (bicyclic) bond motifs is 2. The van der Waals surface area contributed by atoms with Gasteiger partial charge in [0.2, 0.25) is 0 Å². The van der Waals surface area contributed by atoms with Crippen molar-refractivity contribution in [2.45, 2.75) is 44.2 Å². The molecule has 1 heterocycles. The quantitative estimate of drug-likeness (QED) is 0.394. The van der Waals surface area contributed by atoms with Crippen LogP contribution in [0.25, 0.3) is 0 Å². The van der Waals surface area contributed by atoms with E-state index in [-0.39, 0.29) is 24.0 Å². The molecule has 3 unspecified atom stereocenters. The molecule has 1 aliphatic heterocycles. The van der Waals surface area contributed by atoms with E-state index in [1.165, 1.54) is 31.2 Å². The number of nitrogens with one attached hydrogen (secondary N) is 2. The van der Waals surface area contributed by atoms with Crippen LogP contribution in [0.3, 0.4) is 0 Å². The fourth-order valence-electron chi connectivity index (χ4n) is 4.92. The first-order valence-corrected chi connectivity index (χ1v) is 9.48. The van der Waals surface area contributed by atoms with Gasteiger partial charge < -0.3 is 20.1 Å². The van der Waals surface area contributed by atoms with E-state index in [4.69, 9.17) is 9.47 Å². The van der Waals surface area contributed by atoms with Gasteiger partial charge in [-0.15, -0.1) is 24.0 Å². The summed E-state index contributed by atoms with van der Waals surface area (Å²) in [6.07, 6.45) is 6.59. The van der Waals surface area contributed by atoms with Crippen LogP contribution in [-0.2, 0) is 11.2 Å². The molecule has 3 atom stereocenters. The van der Waals surface area contributed by atoms with E-state index in [9.17, 15) is 0 Å². The maximum atomic E-state index is 6.00. The molecule has 5 nitrogen and oxygen atoms in total. The highest BCUT2D eigenvalue weighted by atomic mass is 127. The van der Waals surface area contributed by atoms with Gasteiger partial charge in [-0.05, 0) is 43.4 Å². The van der Waals surface area contributed by atoms with Crippen molar-refractivity contribution in [3.05, 3.63) is 29.8 Å². The summed E-state index contributed by atoms with van der Waals surface area (Å²) >= 11 is 0. The number of methoxy groups -OCH3 is 1. The van der Waals surface area contributed by atoms with Crippen molar-refractivity contribution < 1.29 is 9.47 Å². The smallest absolute Gasteiger partial charge is 0.191 e. The molecule has 3 fully saturated rings. The summed E-state index contributed by atoms with van der Waals surface area (Å²) in [4.78, 5) is 4.44. The minimum Gasteiger partial charge on any atom is -0.497 e. The first-order valence-electron chi connectivity index (χ1n) is 9.48. The summed E-state index contributed by atoms with van der Waals surface area (Å²) in [5, 5.41) is 7.19. The lowest BCUT2D eigenvalue weighted by Crippen LogP contribution is -2.72. The Morgan fingerprint density at radius 2 is 2.08 bits per heavy atom. The van der Waals surface area contributed by atoms with Gasteiger partial charge in [-0.25, -0.2) is 0 Å². The zero-order valence-electron chi connectivity index (χ0n) is 15.7. The van der Waals surface area contributed by atoms with Gasteiger partial charge >= 0.3 is 0 Å². The second-order valence-electron chi connectivity index (χ2n) is 7.55. The van der Waals surface area contributed by atoms with Gasteiger partial charge in [0.1, 0.15) is 5.75 Å². The monoisotopic (exact) mass is 471 g/mol. The molecule has 2 aliphatic carbocycles. The molecule has 1 aromatic rings. The van der Waals surface area contributed by atoms with E-state index in [1.807, 2.05) is 19.2 Å². The number of hydrogen-bond acceptors (Lipinski definition) is 3. The molecular formula is C20H30IN3O2. The number of guanidine groups is 1. The average molecular weight is 471 g/mol. The topological polar surface area (TPSA) is 54.9 Å². The number of hydrogen-bond donors (Lipinski definition) is 2. The number of rotatable bonds is 5. The lowest BCUT2D eigenvalue weighted by molar-refractivity contribution is -0.171. The molecule has 2 saturated carbocycles. The number of ether oxygens (including phenoxy) is 2. The van der Waals surface area contributed by atoms with Gasteiger partial charge in [0.15, 0.2) is 5.96 Å². The van der Waals surface area contributed by atoms with Crippen molar-refractivity contribution in [1.82, 2.24) is 10.6 Å². The normalized spacial score (nSPS) is 28.4. The minimum absolute atomic E-state index is 0. The fraction of sp³-hybridized carbons (Fsp3) is 0.650. The Kier molecular flexibility index (Phi) is 6.33. The van der Waals surface area contributed by atoms with Gasteiger partial charge in [0.05, 0.1) is 13.2 Å². The van der Waals surface area contributed by atoms with Crippen molar-refractivity contribution in [2.75, 3.05) is 27.3 Å². The molecule has 2 N–H and O–H groups in total. The molecule has 0 aromatic heterocycles. The Morgan fingerprint density at radius 3 is 2.69 bits per heavy atom. The number of nitrogens with zero attached hydrogens (tertiary/aromatic N) is 1. The summed E-state index contributed by atoms with van der Waals surface area (Å²) in [6.45, 7) is 1.80. The van der Waals surface area contributed by atoms with Crippen LogP contribution in [0.2, 0.25) is 0 Å². The molecule has 144 valence electrons. The van der Waals surface area contributed by atoms with Gasteiger partial charge in [-0.1, -0.05) is 18.6 Å². The largest absolute Gasteiger partial charge is 0.497 e. The summed E-state index contributed by atoms with van der Waals surface area (Å²) < 4.78 is 11.2. The third-order valence-corrected chi connectivity index (χ3v) is 6.42. The van der Waals surface area contributed by atoms with Crippen LogP contribution >= 0.6 is 24.0 Å². The van der Waals surface area contributed by atoms with E-state index in [0.29, 0.717) is 23.5 Å². The van der Waals surface area contributed by atoms with Crippen LogP contribution in [0.15, 0.2) is 29.3 Å². The lowest BCUT2D eigenvalue weighted by Gasteiger charge is -2.63. The zero-order chi connectivity index (χ0) is 17.3. The van der Waals surface area contributed by atoms with E-state index >= 15 is 0 Å². The van der Waals surface area contributed by atoms with Crippen LogP contribution in [0.5, 0.6) is 5.75 Å². The first-order chi connectivity index (χ1) is 12.3. The molecule has 1 saturated heterocycles. The lowest BCUT2D eigenvalue weighted by atomic mass is 9.46. The summed E-state index contributed by atoms with van der Waals surface area (Å²) in [6, 6.07) is 8.79. The second kappa shape index (κ2) is 8.33. The van der Waals surface area contributed by atoms with Crippen LogP contribution < -0.4 is 15.4 Å². The second-order valence-corrected chi connectivity index (χ2v) is 7.55. The van der Waals surface area contributed by atoms with E-state index in [0.717, 1.165) is 31.3 Å². The van der Waals surface area contributed by atoms with Crippen molar-refractivity contribution in [3.63, 3.8) is 0 Å². The van der Waals surface area contributed by atoms with Gasteiger partial charge in [-0.2, -0.15) is 0 Å². The highest BCUT2D eigenvalue weighted by Crippen LogP contribution is 2.62. The van der Waals surface area contributed by atoms with Crippen LogP contribution in [0.4, 0.5) is 0 Å². The van der Waals surface area contributed by atoms with Crippen molar-refractivity contribution in [1.29, 1.82) is 0 Å². The standard InChI is InChI=1S/C20H29N3O2.HI/c1-21-19(22-12-8-14-4-6-15(24-2)7-5-14)23-17-16-9-13-25-18(16)20(17)10-3-11-20;/h4-7,16-18H,3,8-13H2,1-2H3,(H2,21,22,23);1H. The molecule has 6 heteroatoms. The number of halogens is 1. The van der Waals surface area contributed by atoms with E-state index in [2.05, 4.69) is 27.8 Å². The van der Waals surface area contributed by atoms with Gasteiger partial charge in [-0.3, -0.25) is 4.99 Å². The fourth-order valence-corrected chi connectivity index (χ4v) is 4.92. The molecule has 3 aliphatic rings. The van der Waals surface area contributed by atoms with Crippen LogP contribution in [0.1, 0.15) is 31.2 Å². The Balaban J connectivity index is 0.00000196. The molecule has 1 aromatic carbocycles. The van der Waals surface area contributed by atoms with E-state index in [1.54, 1.807) is 7.11 Å². The summed E-state index contributed by atoms with van der Waals surface area (Å²) in [5.41, 5.74) is 1.68. The van der Waals surface area contributed by atoms with Gasteiger partial charge in [0, 0.05) is 37.6 Å². The van der Waals surface area contributed by atoms with E-state index < -0.39 is 0 Å². The zero-order valence-corrected chi connectivity index (χ0v) is 18.0. The predicted molar refractivity (Wildman–Crippen MR) is 115 cm³/mol. The highest BCUT2D eigenvalue weighted by molar-refractivity contribution is 14.0. The maximum absolute atomic E-state index is 6.00. The van der Waals surface area contributed by atoms with Gasteiger partial charge in [0.25, 0.3) is 0 Å². The molecule has 1 spiro atoms.